The summed E-state index contributed by atoms with van der Waals surface area (Å²) in [5.41, 5.74) is -1.63. The zero-order valence-corrected chi connectivity index (χ0v) is 16.2. The number of esters is 1. The van der Waals surface area contributed by atoms with E-state index in [0.717, 1.165) is 9.13 Å². The normalized spacial score (nSPS) is 11.3. The summed E-state index contributed by atoms with van der Waals surface area (Å²) in [5.74, 6) is -0.674. The number of anilines is 1. The van der Waals surface area contributed by atoms with Crippen LogP contribution in [-0.2, 0) is 23.6 Å². The number of ether oxygens (including phenoxy) is 2. The van der Waals surface area contributed by atoms with Crippen LogP contribution in [0.15, 0.2) is 21.7 Å². The lowest BCUT2D eigenvalue weighted by molar-refractivity contribution is 0.0527. The molecule has 0 saturated heterocycles. The minimum Gasteiger partial charge on any atom is -0.462 e. The first kappa shape index (κ1) is 20.2. The van der Waals surface area contributed by atoms with Crippen LogP contribution in [0.5, 0.6) is 0 Å². The monoisotopic (exact) mass is 377 g/mol. The molecule has 0 spiro atoms. The summed E-state index contributed by atoms with van der Waals surface area (Å²) in [6.07, 6.45) is -0.804. The number of aromatic nitrogens is 2. The highest BCUT2D eigenvalue weighted by atomic mass is 16.6. The molecule has 9 nitrogen and oxygen atoms in total. The van der Waals surface area contributed by atoms with Gasteiger partial charge in [-0.15, -0.1) is 0 Å². The molecule has 2 rings (SSSR count). The highest BCUT2D eigenvalue weighted by molar-refractivity contribution is 6.08. The van der Waals surface area contributed by atoms with Crippen LogP contribution in [0, 0.1) is 0 Å². The number of aryl methyl sites for hydroxylation is 2. The second-order valence-electron chi connectivity index (χ2n) is 6.93. The molecule has 1 aromatic heterocycles. The number of rotatable bonds is 3. The number of benzene rings is 1. The summed E-state index contributed by atoms with van der Waals surface area (Å²) in [6.45, 7) is 6.87. The van der Waals surface area contributed by atoms with Crippen molar-refractivity contribution in [2.45, 2.75) is 33.3 Å². The predicted octanol–water partition coefficient (Wildman–Crippen LogP) is 1.76. The lowest BCUT2D eigenvalue weighted by atomic mass is 10.1. The van der Waals surface area contributed by atoms with Crippen molar-refractivity contribution in [3.63, 3.8) is 0 Å². The second-order valence-corrected chi connectivity index (χ2v) is 6.93. The van der Waals surface area contributed by atoms with Gasteiger partial charge in [0, 0.05) is 14.1 Å². The molecule has 146 valence electrons. The Morgan fingerprint density at radius 1 is 1.07 bits per heavy atom. The largest absolute Gasteiger partial charge is 0.462 e. The molecule has 27 heavy (non-hydrogen) atoms. The van der Waals surface area contributed by atoms with Crippen molar-refractivity contribution in [3.8, 4) is 0 Å². The summed E-state index contributed by atoms with van der Waals surface area (Å²) < 4.78 is 12.5. The molecule has 2 aromatic rings. The Balaban J connectivity index is 2.80. The Kier molecular flexibility index (Phi) is 5.43. The summed E-state index contributed by atoms with van der Waals surface area (Å²) in [7, 11) is 2.83. The summed E-state index contributed by atoms with van der Waals surface area (Å²) in [6, 6.07) is 2.94. The number of hydrogen-bond donors (Lipinski definition) is 1. The molecule has 1 heterocycles. The molecule has 1 amide bonds. The number of nitrogens with one attached hydrogen (secondary N) is 1. The van der Waals surface area contributed by atoms with Gasteiger partial charge in [0.1, 0.15) is 5.60 Å². The van der Waals surface area contributed by atoms with E-state index in [-0.39, 0.29) is 23.4 Å². The topological polar surface area (TPSA) is 109 Å². The van der Waals surface area contributed by atoms with Crippen LogP contribution in [0.2, 0.25) is 0 Å². The van der Waals surface area contributed by atoms with E-state index in [2.05, 4.69) is 5.32 Å². The number of carbonyl (C=O) groups is 2. The lowest BCUT2D eigenvalue weighted by Crippen LogP contribution is -2.40. The molecule has 0 saturated carbocycles. The average Bonchev–Trinajstić information content (AvgIpc) is 2.56. The van der Waals surface area contributed by atoms with Crippen LogP contribution >= 0.6 is 0 Å². The van der Waals surface area contributed by atoms with Gasteiger partial charge in [0.15, 0.2) is 0 Å². The molecule has 0 unspecified atom stereocenters. The Morgan fingerprint density at radius 2 is 1.67 bits per heavy atom. The number of fused-ring (bicyclic) bond motifs is 1. The number of carbonyl (C=O) groups excluding carboxylic acids is 2. The van der Waals surface area contributed by atoms with Gasteiger partial charge < -0.3 is 18.6 Å². The van der Waals surface area contributed by atoms with Gasteiger partial charge in [-0.3, -0.25) is 14.9 Å². The SMILES string of the molecule is CCOC(=O)c1ccc2c(c1NC(=O)OC(C)(C)C)n(C)c(=O)c(=O)n2C. The van der Waals surface area contributed by atoms with Crippen LogP contribution in [0.25, 0.3) is 11.0 Å². The van der Waals surface area contributed by atoms with Gasteiger partial charge in [0.2, 0.25) is 0 Å². The van der Waals surface area contributed by atoms with Crippen molar-refractivity contribution >= 4 is 28.8 Å². The number of amides is 1. The highest BCUT2D eigenvalue weighted by Crippen LogP contribution is 2.27. The fourth-order valence-electron chi connectivity index (χ4n) is 2.60. The van der Waals surface area contributed by atoms with E-state index in [9.17, 15) is 19.2 Å². The van der Waals surface area contributed by atoms with E-state index < -0.39 is 28.8 Å². The molecule has 0 aliphatic carbocycles. The molecule has 0 aliphatic rings. The molecule has 0 bridgehead atoms. The summed E-state index contributed by atoms with van der Waals surface area (Å²) in [4.78, 5) is 49.0. The Hall–Kier alpha value is -3.10. The number of hydrogen-bond acceptors (Lipinski definition) is 6. The van der Waals surface area contributed by atoms with Crippen molar-refractivity contribution < 1.29 is 19.1 Å². The van der Waals surface area contributed by atoms with Gasteiger partial charge in [-0.25, -0.2) is 9.59 Å². The first-order valence-corrected chi connectivity index (χ1v) is 8.37. The van der Waals surface area contributed by atoms with E-state index >= 15 is 0 Å². The molecule has 0 fully saturated rings. The minimum atomic E-state index is -0.804. The van der Waals surface area contributed by atoms with Crippen LogP contribution in [0.3, 0.4) is 0 Å². The van der Waals surface area contributed by atoms with E-state index in [0.29, 0.717) is 5.52 Å². The maximum absolute atomic E-state index is 12.4. The number of nitrogens with zero attached hydrogens (tertiary/aromatic N) is 2. The van der Waals surface area contributed by atoms with Gasteiger partial charge in [-0.2, -0.15) is 0 Å². The van der Waals surface area contributed by atoms with Gasteiger partial charge >= 0.3 is 23.2 Å². The lowest BCUT2D eigenvalue weighted by Gasteiger charge is -2.21. The van der Waals surface area contributed by atoms with Gasteiger partial charge in [0.25, 0.3) is 0 Å². The smallest absolute Gasteiger partial charge is 0.412 e. The minimum absolute atomic E-state index is 0.0374. The van der Waals surface area contributed by atoms with Crippen LogP contribution < -0.4 is 16.4 Å². The molecule has 1 N–H and O–H groups in total. The maximum Gasteiger partial charge on any atom is 0.412 e. The molecule has 0 aliphatic heterocycles. The Morgan fingerprint density at radius 3 is 2.22 bits per heavy atom. The third-order valence-electron chi connectivity index (χ3n) is 3.77. The van der Waals surface area contributed by atoms with E-state index in [4.69, 9.17) is 9.47 Å². The average molecular weight is 377 g/mol. The maximum atomic E-state index is 12.4. The second kappa shape index (κ2) is 7.26. The van der Waals surface area contributed by atoms with E-state index in [1.54, 1.807) is 27.7 Å². The zero-order valence-electron chi connectivity index (χ0n) is 16.2. The van der Waals surface area contributed by atoms with Gasteiger partial charge in [0.05, 0.1) is 28.9 Å². The molecule has 9 heteroatoms. The Bertz CT molecular complexity index is 1030. The molecular weight excluding hydrogens is 354 g/mol. The standard InChI is InChI=1S/C18H23N3O6/c1-7-26-16(24)10-8-9-11-13(21(6)15(23)14(22)20(11)5)12(10)19-17(25)27-18(2,3)4/h8-9H,7H2,1-6H3,(H,19,25). The highest BCUT2D eigenvalue weighted by Gasteiger charge is 2.24. The van der Waals surface area contributed by atoms with E-state index in [1.807, 2.05) is 0 Å². The first-order valence-electron chi connectivity index (χ1n) is 8.37. The quantitative estimate of drug-likeness (QED) is 0.645. The van der Waals surface area contributed by atoms with Crippen molar-refractivity contribution in [1.82, 2.24) is 9.13 Å². The van der Waals surface area contributed by atoms with Crippen LogP contribution in [-0.4, -0.2) is 33.4 Å². The van der Waals surface area contributed by atoms with Crippen molar-refractivity contribution in [1.29, 1.82) is 0 Å². The Labute approximate surface area is 155 Å². The third kappa shape index (κ3) is 4.02. The predicted molar refractivity (Wildman–Crippen MR) is 100 cm³/mol. The van der Waals surface area contributed by atoms with Gasteiger partial charge in [-0.1, -0.05) is 0 Å². The van der Waals surface area contributed by atoms with E-state index in [1.165, 1.54) is 26.2 Å². The first-order chi connectivity index (χ1) is 12.5. The fraction of sp³-hybridized carbons (Fsp3) is 0.444. The zero-order chi connectivity index (χ0) is 20.5. The summed E-state index contributed by atoms with van der Waals surface area (Å²) in [5, 5.41) is 2.53. The van der Waals surface area contributed by atoms with Crippen molar-refractivity contribution in [3.05, 3.63) is 38.4 Å². The molecular formula is C18H23N3O6. The third-order valence-corrected chi connectivity index (χ3v) is 3.77. The molecule has 1 aromatic carbocycles. The fourth-order valence-corrected chi connectivity index (χ4v) is 2.60. The molecule has 0 radical (unpaired) electrons. The van der Waals surface area contributed by atoms with Crippen molar-refractivity contribution in [2.24, 2.45) is 14.1 Å². The van der Waals surface area contributed by atoms with Crippen LogP contribution in [0.4, 0.5) is 10.5 Å². The summed E-state index contributed by atoms with van der Waals surface area (Å²) >= 11 is 0. The van der Waals surface area contributed by atoms with Crippen LogP contribution in [0.1, 0.15) is 38.1 Å². The van der Waals surface area contributed by atoms with Gasteiger partial charge in [-0.05, 0) is 39.8 Å². The van der Waals surface area contributed by atoms with Crippen molar-refractivity contribution in [2.75, 3.05) is 11.9 Å². The molecule has 0 atom stereocenters.